The van der Waals surface area contributed by atoms with Crippen LogP contribution in [0.4, 0.5) is 11.4 Å². The summed E-state index contributed by atoms with van der Waals surface area (Å²) in [5, 5.41) is 4.58. The molecule has 0 aliphatic heterocycles. The molecule has 180 valence electrons. The SMILES string of the molecule is CCOc1ccc(NC(=O)COc2ccc(N(C)S(=O)(=O)c3ccc4ccccc4c3)cc2)cc1. The van der Waals surface area contributed by atoms with E-state index in [1.807, 2.05) is 31.2 Å². The predicted octanol–water partition coefficient (Wildman–Crippen LogP) is 5.08. The second-order valence-electron chi connectivity index (χ2n) is 7.77. The van der Waals surface area contributed by atoms with Gasteiger partial charge in [-0.3, -0.25) is 9.10 Å². The molecule has 8 heteroatoms. The molecule has 4 rings (SSSR count). The molecular weight excluding hydrogens is 464 g/mol. The van der Waals surface area contributed by atoms with Gasteiger partial charge >= 0.3 is 0 Å². The molecule has 0 heterocycles. The third-order valence-electron chi connectivity index (χ3n) is 5.40. The van der Waals surface area contributed by atoms with Gasteiger partial charge in [-0.25, -0.2) is 8.42 Å². The molecule has 0 bridgehead atoms. The number of amides is 1. The van der Waals surface area contributed by atoms with Crippen molar-refractivity contribution in [3.63, 3.8) is 0 Å². The van der Waals surface area contributed by atoms with Crippen LogP contribution >= 0.6 is 0 Å². The molecule has 0 aromatic heterocycles. The van der Waals surface area contributed by atoms with Crippen molar-refractivity contribution in [2.24, 2.45) is 0 Å². The van der Waals surface area contributed by atoms with E-state index in [-0.39, 0.29) is 17.4 Å². The van der Waals surface area contributed by atoms with Gasteiger partial charge < -0.3 is 14.8 Å². The largest absolute Gasteiger partial charge is 0.494 e. The highest BCUT2D eigenvalue weighted by Gasteiger charge is 2.21. The van der Waals surface area contributed by atoms with Crippen LogP contribution in [0.25, 0.3) is 10.8 Å². The van der Waals surface area contributed by atoms with Crippen LogP contribution in [0.3, 0.4) is 0 Å². The van der Waals surface area contributed by atoms with Crippen LogP contribution in [0.1, 0.15) is 6.92 Å². The minimum atomic E-state index is -3.74. The van der Waals surface area contributed by atoms with Crippen molar-refractivity contribution < 1.29 is 22.7 Å². The van der Waals surface area contributed by atoms with Gasteiger partial charge in [0.05, 0.1) is 17.2 Å². The Bertz CT molecular complexity index is 1420. The van der Waals surface area contributed by atoms with E-state index in [2.05, 4.69) is 5.32 Å². The number of rotatable bonds is 9. The number of hydrogen-bond donors (Lipinski definition) is 1. The van der Waals surface area contributed by atoms with Crippen molar-refractivity contribution in [3.05, 3.63) is 91.0 Å². The molecule has 0 saturated heterocycles. The second-order valence-corrected chi connectivity index (χ2v) is 9.74. The number of fused-ring (bicyclic) bond motifs is 1. The molecule has 0 unspecified atom stereocenters. The molecule has 0 spiro atoms. The molecule has 0 atom stereocenters. The summed E-state index contributed by atoms with van der Waals surface area (Å²) in [6, 6.07) is 26.3. The fourth-order valence-electron chi connectivity index (χ4n) is 3.52. The third-order valence-corrected chi connectivity index (χ3v) is 7.18. The summed E-state index contributed by atoms with van der Waals surface area (Å²) < 4.78 is 38.4. The van der Waals surface area contributed by atoms with E-state index < -0.39 is 10.0 Å². The van der Waals surface area contributed by atoms with Crippen molar-refractivity contribution in [1.29, 1.82) is 0 Å². The maximum absolute atomic E-state index is 13.1. The molecule has 4 aromatic carbocycles. The van der Waals surface area contributed by atoms with E-state index in [1.165, 1.54) is 11.4 Å². The van der Waals surface area contributed by atoms with Crippen molar-refractivity contribution >= 4 is 38.1 Å². The molecule has 0 radical (unpaired) electrons. The van der Waals surface area contributed by atoms with Crippen LogP contribution in [-0.4, -0.2) is 34.6 Å². The number of nitrogens with zero attached hydrogens (tertiary/aromatic N) is 1. The van der Waals surface area contributed by atoms with E-state index >= 15 is 0 Å². The quantitative estimate of drug-likeness (QED) is 0.354. The maximum atomic E-state index is 13.1. The highest BCUT2D eigenvalue weighted by Crippen LogP contribution is 2.26. The average Bonchev–Trinajstić information content (AvgIpc) is 2.88. The van der Waals surface area contributed by atoms with E-state index in [0.717, 1.165) is 16.5 Å². The fraction of sp³-hybridized carbons (Fsp3) is 0.148. The summed E-state index contributed by atoms with van der Waals surface area (Å²) in [7, 11) is -2.24. The first-order chi connectivity index (χ1) is 16.9. The smallest absolute Gasteiger partial charge is 0.264 e. The third kappa shape index (κ3) is 5.73. The second kappa shape index (κ2) is 10.5. The summed E-state index contributed by atoms with van der Waals surface area (Å²) in [4.78, 5) is 12.4. The van der Waals surface area contributed by atoms with E-state index in [1.54, 1.807) is 66.7 Å². The Hall–Kier alpha value is -4.04. The first kappa shape index (κ1) is 24.1. The minimum Gasteiger partial charge on any atom is -0.494 e. The first-order valence-corrected chi connectivity index (χ1v) is 12.5. The molecule has 4 aromatic rings. The standard InChI is InChI=1S/C27H26N2O5S/c1-3-33-24-13-9-22(10-14-24)28-27(30)19-34-25-15-11-23(12-16-25)29(2)35(31,32)26-17-8-20-6-4-5-7-21(20)18-26/h4-18H,3,19H2,1-2H3,(H,28,30). The van der Waals surface area contributed by atoms with Gasteiger partial charge in [0.1, 0.15) is 11.5 Å². The van der Waals surface area contributed by atoms with Gasteiger partial charge in [0, 0.05) is 12.7 Å². The van der Waals surface area contributed by atoms with Crippen LogP contribution in [-0.2, 0) is 14.8 Å². The Morgan fingerprint density at radius 1 is 0.829 bits per heavy atom. The highest BCUT2D eigenvalue weighted by atomic mass is 32.2. The number of carbonyl (C=O) groups is 1. The van der Waals surface area contributed by atoms with Crippen molar-refractivity contribution in [3.8, 4) is 11.5 Å². The molecule has 0 aliphatic carbocycles. The summed E-state index contributed by atoms with van der Waals surface area (Å²) >= 11 is 0. The van der Waals surface area contributed by atoms with Gasteiger partial charge in [0.2, 0.25) is 0 Å². The number of carbonyl (C=O) groups excluding carboxylic acids is 1. The zero-order valence-electron chi connectivity index (χ0n) is 19.5. The zero-order chi connectivity index (χ0) is 24.8. The van der Waals surface area contributed by atoms with Gasteiger partial charge in [-0.05, 0) is 78.4 Å². The van der Waals surface area contributed by atoms with Crippen molar-refractivity contribution in [2.75, 3.05) is 29.9 Å². The minimum absolute atomic E-state index is 0.183. The van der Waals surface area contributed by atoms with E-state index in [4.69, 9.17) is 9.47 Å². The lowest BCUT2D eigenvalue weighted by Crippen LogP contribution is -2.26. The fourth-order valence-corrected chi connectivity index (χ4v) is 4.76. The van der Waals surface area contributed by atoms with Crippen molar-refractivity contribution in [1.82, 2.24) is 0 Å². The number of benzene rings is 4. The van der Waals surface area contributed by atoms with Gasteiger partial charge in [-0.1, -0.05) is 30.3 Å². The molecule has 0 fully saturated rings. The summed E-state index contributed by atoms with van der Waals surface area (Å²) in [6.45, 7) is 2.29. The summed E-state index contributed by atoms with van der Waals surface area (Å²) in [6.07, 6.45) is 0. The molecule has 1 amide bonds. The van der Waals surface area contributed by atoms with Crippen molar-refractivity contribution in [2.45, 2.75) is 11.8 Å². The van der Waals surface area contributed by atoms with Crippen LogP contribution in [0.5, 0.6) is 11.5 Å². The molecule has 7 nitrogen and oxygen atoms in total. The Morgan fingerprint density at radius 3 is 2.14 bits per heavy atom. The Labute approximate surface area is 205 Å². The summed E-state index contributed by atoms with van der Waals surface area (Å²) in [5.74, 6) is 0.871. The monoisotopic (exact) mass is 490 g/mol. The molecular formula is C27H26N2O5S. The first-order valence-electron chi connectivity index (χ1n) is 11.1. The highest BCUT2D eigenvalue weighted by molar-refractivity contribution is 7.92. The Morgan fingerprint density at radius 2 is 1.46 bits per heavy atom. The molecule has 0 aliphatic rings. The average molecular weight is 491 g/mol. The topological polar surface area (TPSA) is 84.9 Å². The number of nitrogens with one attached hydrogen (secondary N) is 1. The lowest BCUT2D eigenvalue weighted by atomic mass is 10.1. The molecule has 1 N–H and O–H groups in total. The number of anilines is 2. The lowest BCUT2D eigenvalue weighted by Gasteiger charge is -2.20. The van der Waals surface area contributed by atoms with Gasteiger partial charge in [-0.2, -0.15) is 0 Å². The Kier molecular flexibility index (Phi) is 7.22. The van der Waals surface area contributed by atoms with E-state index in [0.29, 0.717) is 23.7 Å². The van der Waals surface area contributed by atoms with Crippen LogP contribution in [0, 0.1) is 0 Å². The number of sulfonamides is 1. The normalized spacial score (nSPS) is 11.1. The van der Waals surface area contributed by atoms with Gasteiger partial charge in [-0.15, -0.1) is 0 Å². The van der Waals surface area contributed by atoms with Gasteiger partial charge in [0.25, 0.3) is 15.9 Å². The van der Waals surface area contributed by atoms with Crippen LogP contribution < -0.4 is 19.1 Å². The molecule has 0 saturated carbocycles. The van der Waals surface area contributed by atoms with Crippen LogP contribution in [0.2, 0.25) is 0 Å². The maximum Gasteiger partial charge on any atom is 0.264 e. The predicted molar refractivity (Wildman–Crippen MR) is 138 cm³/mol. The summed E-state index contributed by atoms with van der Waals surface area (Å²) in [5.41, 5.74) is 1.11. The lowest BCUT2D eigenvalue weighted by molar-refractivity contribution is -0.118. The number of ether oxygens (including phenoxy) is 2. The molecule has 35 heavy (non-hydrogen) atoms. The van der Waals surface area contributed by atoms with Gasteiger partial charge in [0.15, 0.2) is 6.61 Å². The number of hydrogen-bond acceptors (Lipinski definition) is 5. The van der Waals surface area contributed by atoms with Crippen LogP contribution in [0.15, 0.2) is 95.9 Å². The zero-order valence-corrected chi connectivity index (χ0v) is 20.3. The Balaban J connectivity index is 1.37. The van der Waals surface area contributed by atoms with E-state index in [9.17, 15) is 13.2 Å².